The van der Waals surface area contributed by atoms with Crippen molar-refractivity contribution in [1.29, 1.82) is 0 Å². The number of aryl methyl sites for hydroxylation is 1. The quantitative estimate of drug-likeness (QED) is 0.782. The van der Waals surface area contributed by atoms with Crippen molar-refractivity contribution in [2.75, 3.05) is 11.4 Å². The van der Waals surface area contributed by atoms with Crippen molar-refractivity contribution in [3.8, 4) is 0 Å². The highest BCUT2D eigenvalue weighted by Crippen LogP contribution is 2.23. The van der Waals surface area contributed by atoms with Crippen molar-refractivity contribution in [2.45, 2.75) is 20.4 Å². The van der Waals surface area contributed by atoms with Crippen molar-refractivity contribution in [2.24, 2.45) is 0 Å². The van der Waals surface area contributed by atoms with E-state index in [2.05, 4.69) is 4.98 Å². The van der Waals surface area contributed by atoms with E-state index in [0.29, 0.717) is 25.1 Å². The summed E-state index contributed by atoms with van der Waals surface area (Å²) in [5, 5.41) is 0. The van der Waals surface area contributed by atoms with E-state index >= 15 is 0 Å². The van der Waals surface area contributed by atoms with E-state index in [9.17, 15) is 9.18 Å². The molecule has 2 aromatic rings. The lowest BCUT2D eigenvalue weighted by molar-refractivity contribution is 0.112. The fraction of sp³-hybridized carbons (Fsp3) is 0.250. The summed E-state index contributed by atoms with van der Waals surface area (Å²) in [6.45, 7) is 5.11. The van der Waals surface area contributed by atoms with E-state index in [-0.39, 0.29) is 5.56 Å². The first-order valence-electron chi connectivity index (χ1n) is 6.57. The molecule has 0 bridgehead atoms. The van der Waals surface area contributed by atoms with Gasteiger partial charge < -0.3 is 4.90 Å². The molecule has 0 saturated carbocycles. The van der Waals surface area contributed by atoms with Gasteiger partial charge in [-0.05, 0) is 38.1 Å². The molecule has 0 spiro atoms. The Morgan fingerprint density at radius 2 is 2.00 bits per heavy atom. The Morgan fingerprint density at radius 3 is 2.65 bits per heavy atom. The highest BCUT2D eigenvalue weighted by molar-refractivity contribution is 5.85. The van der Waals surface area contributed by atoms with E-state index in [4.69, 9.17) is 0 Å². The molecule has 0 aliphatic carbocycles. The first-order chi connectivity index (χ1) is 9.65. The van der Waals surface area contributed by atoms with Gasteiger partial charge in [-0.25, -0.2) is 4.39 Å². The number of carbonyl (C=O) groups excluding carboxylic acids is 1. The zero-order chi connectivity index (χ0) is 14.5. The number of aldehydes is 1. The molecular formula is C16H17FN2O. The molecule has 3 nitrogen and oxygen atoms in total. The van der Waals surface area contributed by atoms with Crippen LogP contribution in [-0.2, 0) is 6.54 Å². The van der Waals surface area contributed by atoms with Crippen LogP contribution < -0.4 is 4.90 Å². The summed E-state index contributed by atoms with van der Waals surface area (Å²) < 4.78 is 13.7. The number of aromatic nitrogens is 1. The largest absolute Gasteiger partial charge is 0.365 e. The molecule has 2 rings (SSSR count). The number of hydrogen-bond acceptors (Lipinski definition) is 3. The lowest BCUT2D eigenvalue weighted by Gasteiger charge is -2.24. The van der Waals surface area contributed by atoms with Crippen LogP contribution in [-0.4, -0.2) is 17.8 Å². The first-order valence-corrected chi connectivity index (χ1v) is 6.57. The van der Waals surface area contributed by atoms with Gasteiger partial charge in [-0.1, -0.05) is 12.1 Å². The molecule has 4 heteroatoms. The Bertz CT molecular complexity index is 613. The SMILES string of the molecule is CCN(Cc1cccc(C)n1)c1cccc(F)c1C=O. The van der Waals surface area contributed by atoms with Crippen LogP contribution >= 0.6 is 0 Å². The molecule has 0 atom stereocenters. The number of carbonyl (C=O) groups is 1. The van der Waals surface area contributed by atoms with Crippen LogP contribution in [0.1, 0.15) is 28.7 Å². The molecule has 104 valence electrons. The highest BCUT2D eigenvalue weighted by atomic mass is 19.1. The lowest BCUT2D eigenvalue weighted by atomic mass is 10.1. The third-order valence-corrected chi connectivity index (χ3v) is 3.17. The predicted octanol–water partition coefficient (Wildman–Crippen LogP) is 3.37. The number of rotatable bonds is 5. The average molecular weight is 272 g/mol. The zero-order valence-electron chi connectivity index (χ0n) is 11.6. The first kappa shape index (κ1) is 14.2. The maximum atomic E-state index is 13.7. The minimum Gasteiger partial charge on any atom is -0.365 e. The van der Waals surface area contributed by atoms with E-state index in [1.807, 2.05) is 36.9 Å². The molecule has 0 aliphatic rings. The predicted molar refractivity (Wildman–Crippen MR) is 77.5 cm³/mol. The molecule has 0 amide bonds. The molecule has 0 aliphatic heterocycles. The van der Waals surface area contributed by atoms with Crippen LogP contribution in [0.2, 0.25) is 0 Å². The minimum absolute atomic E-state index is 0.0991. The van der Waals surface area contributed by atoms with Crippen LogP contribution in [0.5, 0.6) is 0 Å². The second-order valence-corrected chi connectivity index (χ2v) is 4.57. The van der Waals surface area contributed by atoms with Gasteiger partial charge >= 0.3 is 0 Å². The summed E-state index contributed by atoms with van der Waals surface area (Å²) in [5.74, 6) is -0.492. The van der Waals surface area contributed by atoms with Gasteiger partial charge in [-0.15, -0.1) is 0 Å². The fourth-order valence-electron chi connectivity index (χ4n) is 2.17. The van der Waals surface area contributed by atoms with Gasteiger partial charge in [0.2, 0.25) is 0 Å². The lowest BCUT2D eigenvalue weighted by Crippen LogP contribution is -2.24. The van der Waals surface area contributed by atoms with Gasteiger partial charge in [0.05, 0.1) is 23.5 Å². The molecule has 1 aromatic heterocycles. The van der Waals surface area contributed by atoms with Crippen molar-refractivity contribution in [3.05, 3.63) is 59.2 Å². The van der Waals surface area contributed by atoms with E-state index in [1.54, 1.807) is 12.1 Å². The Labute approximate surface area is 118 Å². The van der Waals surface area contributed by atoms with E-state index in [1.165, 1.54) is 6.07 Å². The fourth-order valence-corrected chi connectivity index (χ4v) is 2.17. The Morgan fingerprint density at radius 1 is 1.25 bits per heavy atom. The normalized spacial score (nSPS) is 10.3. The zero-order valence-corrected chi connectivity index (χ0v) is 11.6. The number of anilines is 1. The van der Waals surface area contributed by atoms with Crippen molar-refractivity contribution >= 4 is 12.0 Å². The topological polar surface area (TPSA) is 33.2 Å². The Kier molecular flexibility index (Phi) is 4.45. The number of hydrogen-bond donors (Lipinski definition) is 0. The van der Waals surface area contributed by atoms with Gasteiger partial charge in [-0.2, -0.15) is 0 Å². The smallest absolute Gasteiger partial charge is 0.155 e. The summed E-state index contributed by atoms with van der Waals surface area (Å²) in [6.07, 6.45) is 0.566. The van der Waals surface area contributed by atoms with Crippen LogP contribution in [0.15, 0.2) is 36.4 Å². The molecule has 0 unspecified atom stereocenters. The Hall–Kier alpha value is -2.23. The van der Waals surface area contributed by atoms with Gasteiger partial charge in [0, 0.05) is 12.2 Å². The van der Waals surface area contributed by atoms with Crippen molar-refractivity contribution < 1.29 is 9.18 Å². The number of nitrogens with zero attached hydrogens (tertiary/aromatic N) is 2. The number of halogens is 1. The van der Waals surface area contributed by atoms with E-state index < -0.39 is 5.82 Å². The molecular weight excluding hydrogens is 255 g/mol. The summed E-state index contributed by atoms with van der Waals surface area (Å²) in [6, 6.07) is 10.5. The molecule has 1 heterocycles. The van der Waals surface area contributed by atoms with Gasteiger partial charge in [0.1, 0.15) is 5.82 Å². The highest BCUT2D eigenvalue weighted by Gasteiger charge is 2.14. The molecule has 20 heavy (non-hydrogen) atoms. The molecule has 0 saturated heterocycles. The molecule has 0 N–H and O–H groups in total. The minimum atomic E-state index is -0.492. The monoisotopic (exact) mass is 272 g/mol. The maximum Gasteiger partial charge on any atom is 0.155 e. The number of pyridine rings is 1. The van der Waals surface area contributed by atoms with Crippen molar-refractivity contribution in [3.63, 3.8) is 0 Å². The second-order valence-electron chi connectivity index (χ2n) is 4.57. The summed E-state index contributed by atoms with van der Waals surface area (Å²) in [5.41, 5.74) is 2.54. The van der Waals surface area contributed by atoms with Crippen LogP contribution in [0.25, 0.3) is 0 Å². The van der Waals surface area contributed by atoms with Crippen LogP contribution in [0.4, 0.5) is 10.1 Å². The average Bonchev–Trinajstić information content (AvgIpc) is 2.44. The molecule has 0 radical (unpaired) electrons. The standard InChI is InChI=1S/C16H17FN2O/c1-3-19(10-13-7-4-6-12(2)18-13)16-9-5-8-15(17)14(16)11-20/h4-9,11H,3,10H2,1-2H3. The molecule has 1 aromatic carbocycles. The van der Waals surface area contributed by atoms with Gasteiger partial charge in [-0.3, -0.25) is 9.78 Å². The maximum absolute atomic E-state index is 13.7. The van der Waals surface area contributed by atoms with Crippen molar-refractivity contribution in [1.82, 2.24) is 4.98 Å². The summed E-state index contributed by atoms with van der Waals surface area (Å²) in [4.78, 5) is 17.5. The number of benzene rings is 1. The Balaban J connectivity index is 2.33. The van der Waals surface area contributed by atoms with Gasteiger partial charge in [0.15, 0.2) is 6.29 Å². The third-order valence-electron chi connectivity index (χ3n) is 3.17. The third kappa shape index (κ3) is 3.02. The second kappa shape index (κ2) is 6.28. The summed E-state index contributed by atoms with van der Waals surface area (Å²) >= 11 is 0. The molecule has 0 fully saturated rings. The van der Waals surface area contributed by atoms with E-state index in [0.717, 1.165) is 11.4 Å². The summed E-state index contributed by atoms with van der Waals surface area (Å²) in [7, 11) is 0. The van der Waals surface area contributed by atoms with Crippen LogP contribution in [0, 0.1) is 12.7 Å². The van der Waals surface area contributed by atoms with Crippen LogP contribution in [0.3, 0.4) is 0 Å². The van der Waals surface area contributed by atoms with Gasteiger partial charge in [0.25, 0.3) is 0 Å².